The van der Waals surface area contributed by atoms with Crippen LogP contribution in [0.2, 0.25) is 0 Å². The molecule has 0 saturated heterocycles. The standard InChI is InChI=1S/C14H20F3N3O/c1-10-8-11(19-18-10)9-13(21)20(7-6-14(15,16)17)12-4-2-3-5-12/h8,12H,2-7,9H2,1H3,(H,18,19). The number of aromatic nitrogens is 2. The number of amides is 1. The van der Waals surface area contributed by atoms with Crippen LogP contribution in [-0.4, -0.2) is 39.8 Å². The third-order valence-corrected chi connectivity index (χ3v) is 3.81. The summed E-state index contributed by atoms with van der Waals surface area (Å²) in [5.41, 5.74) is 1.41. The lowest BCUT2D eigenvalue weighted by molar-refractivity contribution is -0.147. The topological polar surface area (TPSA) is 49.0 Å². The second kappa shape index (κ2) is 6.49. The van der Waals surface area contributed by atoms with Gasteiger partial charge in [0.1, 0.15) is 0 Å². The van der Waals surface area contributed by atoms with Crippen molar-refractivity contribution in [2.24, 2.45) is 0 Å². The highest BCUT2D eigenvalue weighted by molar-refractivity contribution is 5.78. The number of aryl methyl sites for hydroxylation is 1. The number of halogens is 3. The molecular weight excluding hydrogens is 283 g/mol. The van der Waals surface area contributed by atoms with Crippen LogP contribution < -0.4 is 0 Å². The Kier molecular flexibility index (Phi) is 4.90. The van der Waals surface area contributed by atoms with E-state index in [1.807, 2.05) is 6.92 Å². The zero-order valence-corrected chi connectivity index (χ0v) is 12.0. The van der Waals surface area contributed by atoms with E-state index in [-0.39, 0.29) is 24.9 Å². The van der Waals surface area contributed by atoms with Crippen molar-refractivity contribution < 1.29 is 18.0 Å². The summed E-state index contributed by atoms with van der Waals surface area (Å²) >= 11 is 0. The smallest absolute Gasteiger partial charge is 0.339 e. The molecular formula is C14H20F3N3O. The average Bonchev–Trinajstić information content (AvgIpc) is 3.00. The lowest BCUT2D eigenvalue weighted by atomic mass is 10.1. The Labute approximate surface area is 121 Å². The minimum atomic E-state index is -4.24. The first-order chi connectivity index (χ1) is 9.85. The van der Waals surface area contributed by atoms with Crippen molar-refractivity contribution in [2.75, 3.05) is 6.54 Å². The highest BCUT2D eigenvalue weighted by atomic mass is 19.4. The van der Waals surface area contributed by atoms with E-state index in [4.69, 9.17) is 0 Å². The van der Waals surface area contributed by atoms with Crippen molar-refractivity contribution in [1.82, 2.24) is 15.1 Å². The van der Waals surface area contributed by atoms with Crippen LogP contribution in [0.3, 0.4) is 0 Å². The molecule has 1 fully saturated rings. The van der Waals surface area contributed by atoms with Crippen LogP contribution in [0.25, 0.3) is 0 Å². The number of nitrogens with zero attached hydrogens (tertiary/aromatic N) is 2. The van der Waals surface area contributed by atoms with E-state index in [9.17, 15) is 18.0 Å². The lowest BCUT2D eigenvalue weighted by Gasteiger charge is -2.29. The number of carbonyl (C=O) groups excluding carboxylic acids is 1. The summed E-state index contributed by atoms with van der Waals surface area (Å²) in [7, 11) is 0. The first-order valence-electron chi connectivity index (χ1n) is 7.22. The van der Waals surface area contributed by atoms with Gasteiger partial charge in [-0.25, -0.2) is 0 Å². The van der Waals surface area contributed by atoms with Crippen LogP contribution in [-0.2, 0) is 11.2 Å². The van der Waals surface area contributed by atoms with E-state index in [0.29, 0.717) is 5.69 Å². The highest BCUT2D eigenvalue weighted by Crippen LogP contribution is 2.27. The molecule has 0 atom stereocenters. The van der Waals surface area contributed by atoms with Gasteiger partial charge in [-0.05, 0) is 25.8 Å². The monoisotopic (exact) mass is 303 g/mol. The molecule has 0 spiro atoms. The first-order valence-corrected chi connectivity index (χ1v) is 7.22. The predicted octanol–water partition coefficient (Wildman–Crippen LogP) is 2.98. The zero-order valence-electron chi connectivity index (χ0n) is 12.0. The number of carbonyl (C=O) groups is 1. The molecule has 0 radical (unpaired) electrons. The Bertz CT molecular complexity index is 478. The Morgan fingerprint density at radius 1 is 1.43 bits per heavy atom. The molecule has 118 valence electrons. The van der Waals surface area contributed by atoms with Gasteiger partial charge in [0, 0.05) is 18.3 Å². The lowest BCUT2D eigenvalue weighted by Crippen LogP contribution is -2.41. The molecule has 1 aliphatic carbocycles. The summed E-state index contributed by atoms with van der Waals surface area (Å²) in [4.78, 5) is 13.7. The molecule has 21 heavy (non-hydrogen) atoms. The molecule has 1 aromatic rings. The number of nitrogens with one attached hydrogen (secondary N) is 1. The molecule has 0 unspecified atom stereocenters. The van der Waals surface area contributed by atoms with E-state index >= 15 is 0 Å². The van der Waals surface area contributed by atoms with Gasteiger partial charge in [-0.2, -0.15) is 18.3 Å². The number of hydrogen-bond donors (Lipinski definition) is 1. The summed E-state index contributed by atoms with van der Waals surface area (Å²) in [5.74, 6) is -0.266. The van der Waals surface area contributed by atoms with Gasteiger partial charge in [0.05, 0.1) is 18.5 Å². The molecule has 7 heteroatoms. The molecule has 1 saturated carbocycles. The van der Waals surface area contributed by atoms with Gasteiger partial charge in [0.2, 0.25) is 5.91 Å². The van der Waals surface area contributed by atoms with E-state index in [1.165, 1.54) is 4.90 Å². The van der Waals surface area contributed by atoms with Crippen LogP contribution in [0, 0.1) is 6.92 Å². The highest BCUT2D eigenvalue weighted by Gasteiger charge is 2.32. The number of rotatable bonds is 5. The number of H-pyrrole nitrogens is 1. The molecule has 1 aromatic heterocycles. The molecule has 1 N–H and O–H groups in total. The maximum Gasteiger partial charge on any atom is 0.390 e. The fourth-order valence-corrected chi connectivity index (χ4v) is 2.80. The van der Waals surface area contributed by atoms with E-state index in [0.717, 1.165) is 31.4 Å². The van der Waals surface area contributed by atoms with E-state index in [1.54, 1.807) is 6.07 Å². The van der Waals surface area contributed by atoms with Crippen LogP contribution in [0.5, 0.6) is 0 Å². The summed E-state index contributed by atoms with van der Waals surface area (Å²) < 4.78 is 37.3. The summed E-state index contributed by atoms with van der Waals surface area (Å²) in [5, 5.41) is 6.72. The number of hydrogen-bond acceptors (Lipinski definition) is 2. The van der Waals surface area contributed by atoms with Gasteiger partial charge in [0.15, 0.2) is 0 Å². The Morgan fingerprint density at radius 2 is 2.10 bits per heavy atom. The summed E-state index contributed by atoms with van der Waals surface area (Å²) in [6.45, 7) is 1.57. The second-order valence-electron chi connectivity index (χ2n) is 5.61. The Balaban J connectivity index is 2.01. The largest absolute Gasteiger partial charge is 0.390 e. The maximum atomic E-state index is 12.4. The minimum Gasteiger partial charge on any atom is -0.339 e. The third kappa shape index (κ3) is 4.75. The maximum absolute atomic E-state index is 12.4. The normalized spacial score (nSPS) is 16.4. The van der Waals surface area contributed by atoms with Gasteiger partial charge >= 0.3 is 6.18 Å². The average molecular weight is 303 g/mol. The van der Waals surface area contributed by atoms with Crippen molar-refractivity contribution in [3.63, 3.8) is 0 Å². The van der Waals surface area contributed by atoms with Crippen LogP contribution in [0.15, 0.2) is 6.07 Å². The minimum absolute atomic E-state index is 0.0543. The quantitative estimate of drug-likeness (QED) is 0.909. The van der Waals surface area contributed by atoms with Crippen molar-refractivity contribution in [3.05, 3.63) is 17.5 Å². The Hall–Kier alpha value is -1.53. The number of alkyl halides is 3. The summed E-state index contributed by atoms with van der Waals surface area (Å²) in [6, 6.07) is 1.69. The third-order valence-electron chi connectivity index (χ3n) is 3.81. The number of aromatic amines is 1. The Morgan fingerprint density at radius 3 is 2.62 bits per heavy atom. The first kappa shape index (κ1) is 15.9. The summed E-state index contributed by atoms with van der Waals surface area (Å²) in [6.07, 6.45) is -1.59. The van der Waals surface area contributed by atoms with Crippen molar-refractivity contribution in [2.45, 2.75) is 57.7 Å². The van der Waals surface area contributed by atoms with Crippen LogP contribution >= 0.6 is 0 Å². The van der Waals surface area contributed by atoms with E-state index < -0.39 is 12.6 Å². The molecule has 0 aromatic carbocycles. The molecule has 0 aliphatic heterocycles. The molecule has 1 heterocycles. The predicted molar refractivity (Wildman–Crippen MR) is 71.7 cm³/mol. The second-order valence-corrected chi connectivity index (χ2v) is 5.61. The van der Waals surface area contributed by atoms with Crippen molar-refractivity contribution >= 4 is 5.91 Å². The van der Waals surface area contributed by atoms with Gasteiger partial charge in [-0.1, -0.05) is 12.8 Å². The SMILES string of the molecule is Cc1cc(CC(=O)N(CCC(F)(F)F)C2CCCC2)n[nH]1. The van der Waals surface area contributed by atoms with Crippen molar-refractivity contribution in [1.29, 1.82) is 0 Å². The van der Waals surface area contributed by atoms with Gasteiger partial charge in [0.25, 0.3) is 0 Å². The van der Waals surface area contributed by atoms with Gasteiger partial charge in [-0.3, -0.25) is 9.89 Å². The zero-order chi connectivity index (χ0) is 15.5. The van der Waals surface area contributed by atoms with Crippen LogP contribution in [0.1, 0.15) is 43.5 Å². The molecule has 1 aliphatic rings. The fraction of sp³-hybridized carbons (Fsp3) is 0.714. The molecule has 1 amide bonds. The van der Waals surface area contributed by atoms with Crippen LogP contribution in [0.4, 0.5) is 13.2 Å². The van der Waals surface area contributed by atoms with Crippen molar-refractivity contribution in [3.8, 4) is 0 Å². The molecule has 0 bridgehead atoms. The van der Waals surface area contributed by atoms with E-state index in [2.05, 4.69) is 10.2 Å². The molecule has 4 nitrogen and oxygen atoms in total. The molecule has 2 rings (SSSR count). The van der Waals surface area contributed by atoms with Gasteiger partial charge < -0.3 is 4.90 Å². The fourth-order valence-electron chi connectivity index (χ4n) is 2.80. The van der Waals surface area contributed by atoms with Gasteiger partial charge in [-0.15, -0.1) is 0 Å².